The quantitative estimate of drug-likeness (QED) is 0.362. The Bertz CT molecular complexity index is 1330. The van der Waals surface area contributed by atoms with Gasteiger partial charge in [0.15, 0.2) is 0 Å². The van der Waals surface area contributed by atoms with E-state index in [1.807, 2.05) is 0 Å². The number of ether oxygens (including phenoxy) is 1. The van der Waals surface area contributed by atoms with Gasteiger partial charge in [-0.1, -0.05) is 23.7 Å². The van der Waals surface area contributed by atoms with Gasteiger partial charge in [-0.15, -0.1) is 5.10 Å². The molecule has 34 heavy (non-hydrogen) atoms. The normalized spacial score (nSPS) is 11.1. The van der Waals surface area contributed by atoms with Gasteiger partial charge in [-0.2, -0.15) is 9.83 Å². The van der Waals surface area contributed by atoms with Gasteiger partial charge in [-0.05, 0) is 36.8 Å². The van der Waals surface area contributed by atoms with Crippen molar-refractivity contribution in [2.45, 2.75) is 20.1 Å². The summed E-state index contributed by atoms with van der Waals surface area (Å²) >= 11 is 6.52. The van der Waals surface area contributed by atoms with Gasteiger partial charge in [0, 0.05) is 35.8 Å². The lowest BCUT2D eigenvalue weighted by Gasteiger charge is -2.21. The number of nitrogens with zero attached hydrogens (tertiary/aromatic N) is 4. The molecule has 4 rings (SSSR count). The summed E-state index contributed by atoms with van der Waals surface area (Å²) in [6.07, 6.45) is 2.67. The predicted octanol–water partition coefficient (Wildman–Crippen LogP) is 5.22. The summed E-state index contributed by atoms with van der Waals surface area (Å²) in [5.74, 6) is -0.444. The predicted molar refractivity (Wildman–Crippen MR) is 122 cm³/mol. The van der Waals surface area contributed by atoms with Gasteiger partial charge in [0.2, 0.25) is 0 Å². The van der Waals surface area contributed by atoms with Gasteiger partial charge in [-0.3, -0.25) is 4.79 Å². The highest BCUT2D eigenvalue weighted by molar-refractivity contribution is 6.34. The monoisotopic (exact) mass is 486 g/mol. The Morgan fingerprint density at radius 2 is 2.09 bits per heavy atom. The molecule has 2 heterocycles. The number of hydrogen-bond donors (Lipinski definition) is 1. The topological polar surface area (TPSA) is 80.5 Å². The molecular weight excluding hydrogens is 466 g/mol. The lowest BCUT2D eigenvalue weighted by molar-refractivity contribution is 0.0782. The molecule has 2 aliphatic heterocycles. The summed E-state index contributed by atoms with van der Waals surface area (Å²) in [7, 11) is 1.57. The molecular formula is C24H21ClF2N4O3. The molecule has 0 spiro atoms. The Morgan fingerprint density at radius 3 is 2.79 bits per heavy atom. The molecule has 7 nitrogen and oxygen atoms in total. The second-order valence-corrected chi connectivity index (χ2v) is 8.03. The number of carbonyl (C=O) groups is 1. The fourth-order valence-corrected chi connectivity index (χ4v) is 4.13. The minimum atomic E-state index is -0.897. The zero-order valence-corrected chi connectivity index (χ0v) is 19.2. The van der Waals surface area contributed by atoms with Crippen LogP contribution < -0.4 is 4.74 Å². The SMILES string of the molecule is CCOc1cc(C(=O)N(C)Cc2cn(O)c(CF)c3cnnc2-3)cc(Cl)c1-c1cccc(F)c1. The van der Waals surface area contributed by atoms with Crippen LogP contribution >= 0.6 is 11.6 Å². The molecule has 0 saturated carbocycles. The number of benzene rings is 2. The largest absolute Gasteiger partial charge is 0.493 e. The lowest BCUT2D eigenvalue weighted by Crippen LogP contribution is -2.27. The molecule has 0 aromatic heterocycles. The smallest absolute Gasteiger partial charge is 0.254 e. The minimum Gasteiger partial charge on any atom is -0.493 e. The van der Waals surface area contributed by atoms with Gasteiger partial charge >= 0.3 is 0 Å². The van der Waals surface area contributed by atoms with Crippen molar-refractivity contribution < 1.29 is 23.5 Å². The molecule has 0 bridgehead atoms. The van der Waals surface area contributed by atoms with Gasteiger partial charge in [-0.25, -0.2) is 8.78 Å². The molecule has 176 valence electrons. The molecule has 0 radical (unpaired) electrons. The number of alkyl halides is 1. The molecule has 2 aromatic carbocycles. The van der Waals surface area contributed by atoms with Crippen molar-refractivity contribution in [1.82, 2.24) is 19.8 Å². The number of amides is 1. The molecule has 0 fully saturated rings. The Kier molecular flexibility index (Phi) is 6.65. The average molecular weight is 487 g/mol. The van der Waals surface area contributed by atoms with Crippen LogP contribution in [0.5, 0.6) is 5.75 Å². The van der Waals surface area contributed by atoms with E-state index in [1.165, 1.54) is 35.5 Å². The minimum absolute atomic E-state index is 0.0267. The van der Waals surface area contributed by atoms with Crippen LogP contribution in [0.1, 0.15) is 28.5 Å². The lowest BCUT2D eigenvalue weighted by atomic mass is 10.0. The van der Waals surface area contributed by atoms with Crippen LogP contribution in [-0.4, -0.2) is 44.6 Å². The third-order valence-electron chi connectivity index (χ3n) is 5.36. The van der Waals surface area contributed by atoms with E-state index in [-0.39, 0.29) is 28.7 Å². The second-order valence-electron chi connectivity index (χ2n) is 7.62. The maximum Gasteiger partial charge on any atom is 0.254 e. The zero-order chi connectivity index (χ0) is 24.4. The van der Waals surface area contributed by atoms with E-state index in [0.29, 0.717) is 45.0 Å². The van der Waals surface area contributed by atoms with Crippen molar-refractivity contribution in [3.8, 4) is 28.1 Å². The third-order valence-corrected chi connectivity index (χ3v) is 5.66. The highest BCUT2D eigenvalue weighted by atomic mass is 35.5. The number of carbonyl (C=O) groups excluding carboxylic acids is 1. The summed E-state index contributed by atoms with van der Waals surface area (Å²) < 4.78 is 33.5. The van der Waals surface area contributed by atoms with E-state index in [1.54, 1.807) is 32.2 Å². The van der Waals surface area contributed by atoms with Gasteiger partial charge < -0.3 is 14.8 Å². The molecule has 0 saturated heterocycles. The van der Waals surface area contributed by atoms with Crippen LogP contribution in [0.4, 0.5) is 8.78 Å². The van der Waals surface area contributed by atoms with Crippen LogP contribution in [-0.2, 0) is 13.2 Å². The summed E-state index contributed by atoms with van der Waals surface area (Å²) in [4.78, 5) is 14.6. The fraction of sp³-hybridized carbons (Fsp3) is 0.208. The van der Waals surface area contributed by atoms with Crippen LogP contribution in [0.3, 0.4) is 0 Å². The van der Waals surface area contributed by atoms with Crippen LogP contribution in [0.25, 0.3) is 22.4 Å². The first-order chi connectivity index (χ1) is 16.3. The second kappa shape index (κ2) is 9.64. The van der Waals surface area contributed by atoms with Crippen molar-refractivity contribution in [2.24, 2.45) is 0 Å². The van der Waals surface area contributed by atoms with Gasteiger partial charge in [0.1, 0.15) is 23.9 Å². The van der Waals surface area contributed by atoms with E-state index in [4.69, 9.17) is 16.3 Å². The molecule has 2 aliphatic rings. The first-order valence-corrected chi connectivity index (χ1v) is 10.8. The maximum absolute atomic E-state index is 13.8. The zero-order valence-electron chi connectivity index (χ0n) is 18.4. The van der Waals surface area contributed by atoms with E-state index in [0.717, 1.165) is 0 Å². The van der Waals surface area contributed by atoms with Crippen molar-refractivity contribution in [3.63, 3.8) is 0 Å². The highest BCUT2D eigenvalue weighted by Crippen LogP contribution is 2.38. The third kappa shape index (κ3) is 4.38. The average Bonchev–Trinajstić information content (AvgIpc) is 3.28. The Hall–Kier alpha value is -3.72. The first kappa shape index (κ1) is 23.4. The molecule has 0 aliphatic carbocycles. The number of fused-ring (bicyclic) bond motifs is 1. The van der Waals surface area contributed by atoms with Crippen molar-refractivity contribution >= 4 is 17.5 Å². The van der Waals surface area contributed by atoms with Crippen molar-refractivity contribution in [1.29, 1.82) is 0 Å². The Morgan fingerprint density at radius 1 is 1.29 bits per heavy atom. The maximum atomic E-state index is 13.8. The highest BCUT2D eigenvalue weighted by Gasteiger charge is 2.23. The number of halogens is 3. The van der Waals surface area contributed by atoms with Gasteiger partial charge in [0.25, 0.3) is 5.91 Å². The van der Waals surface area contributed by atoms with E-state index < -0.39 is 12.5 Å². The number of aromatic nitrogens is 3. The molecule has 1 amide bonds. The number of pyridine rings is 1. The van der Waals surface area contributed by atoms with E-state index in [9.17, 15) is 18.8 Å². The molecule has 10 heteroatoms. The summed E-state index contributed by atoms with van der Waals surface area (Å²) in [6.45, 7) is 1.28. The number of hydrogen-bond acceptors (Lipinski definition) is 5. The molecule has 2 aromatic rings. The first-order valence-electron chi connectivity index (χ1n) is 10.4. The summed E-state index contributed by atoms with van der Waals surface area (Å²) in [5, 5.41) is 18.2. The molecule has 1 N–H and O–H groups in total. The fourth-order valence-electron chi connectivity index (χ4n) is 3.81. The Balaban J connectivity index is 1.67. The van der Waals surface area contributed by atoms with Crippen molar-refractivity contribution in [3.05, 3.63) is 76.5 Å². The van der Waals surface area contributed by atoms with Crippen LogP contribution in [0.2, 0.25) is 5.02 Å². The van der Waals surface area contributed by atoms with Crippen LogP contribution in [0, 0.1) is 5.82 Å². The summed E-state index contributed by atoms with van der Waals surface area (Å²) in [5.41, 5.74) is 2.54. The molecule has 0 atom stereocenters. The van der Waals surface area contributed by atoms with Gasteiger partial charge in [0.05, 0.1) is 29.7 Å². The van der Waals surface area contributed by atoms with E-state index in [2.05, 4.69) is 10.2 Å². The van der Waals surface area contributed by atoms with Crippen LogP contribution in [0.15, 0.2) is 48.8 Å². The summed E-state index contributed by atoms with van der Waals surface area (Å²) in [6, 6.07) is 9.00. The van der Waals surface area contributed by atoms with Crippen molar-refractivity contribution in [2.75, 3.05) is 13.7 Å². The van der Waals surface area contributed by atoms with E-state index >= 15 is 0 Å². The number of rotatable bonds is 7. The standard InChI is InChI=1S/C24H21ClF2N4O3/c1-3-34-21-9-15(8-19(25)22(21)14-5-4-6-17(27)7-14)24(32)30(2)12-16-13-31(33)20(10-26)18-11-28-29-23(16)18/h4-9,11,13,33H,3,10,12H2,1-2H3. The Labute approximate surface area is 199 Å². The molecule has 0 unspecified atom stereocenters.